The molecule has 1 aromatic heterocycles. The lowest BCUT2D eigenvalue weighted by atomic mass is 9.81. The number of hydrogen-bond donors (Lipinski definition) is 2. The van der Waals surface area contributed by atoms with Crippen molar-refractivity contribution >= 4 is 18.3 Å². The Kier molecular flexibility index (Phi) is 6.02. The highest BCUT2D eigenvalue weighted by Crippen LogP contribution is 2.27. The molecule has 0 atom stereocenters. The monoisotopic (exact) mass is 349 g/mol. The van der Waals surface area contributed by atoms with Gasteiger partial charge in [0, 0.05) is 18.2 Å². The number of aryl methyl sites for hydroxylation is 1. The van der Waals surface area contributed by atoms with Crippen molar-refractivity contribution in [2.24, 2.45) is 5.41 Å². The first-order chi connectivity index (χ1) is 11.1. The zero-order valence-corrected chi connectivity index (χ0v) is 14.9. The second-order valence-electron chi connectivity index (χ2n) is 6.69. The van der Waals surface area contributed by atoms with Gasteiger partial charge in [-0.2, -0.15) is 0 Å². The lowest BCUT2D eigenvalue weighted by Crippen LogP contribution is -2.42. The highest BCUT2D eigenvalue weighted by Gasteiger charge is 2.27. The smallest absolute Gasteiger partial charge is 0.289 e. The molecule has 2 aromatic rings. The average molecular weight is 350 g/mol. The molecule has 5 nitrogen and oxygen atoms in total. The number of carbonyl (C=O) groups is 1. The second-order valence-corrected chi connectivity index (χ2v) is 6.69. The largest absolute Gasteiger partial charge is 0.350 e. The van der Waals surface area contributed by atoms with Gasteiger partial charge in [0.2, 0.25) is 5.76 Å². The van der Waals surface area contributed by atoms with Crippen LogP contribution < -0.4 is 10.6 Å². The van der Waals surface area contributed by atoms with E-state index in [-0.39, 0.29) is 29.5 Å². The SMILES string of the molecule is Cc1ccc(-c2cc(C(=O)NCC3(C)CCNCC3)on2)cc1.Cl. The molecule has 0 aliphatic carbocycles. The van der Waals surface area contributed by atoms with E-state index in [2.05, 4.69) is 22.7 Å². The van der Waals surface area contributed by atoms with Crippen LogP contribution in [0.5, 0.6) is 0 Å². The zero-order chi connectivity index (χ0) is 16.3. The van der Waals surface area contributed by atoms with Crippen LogP contribution in [-0.2, 0) is 0 Å². The Morgan fingerprint density at radius 3 is 2.62 bits per heavy atom. The molecule has 2 heterocycles. The van der Waals surface area contributed by atoms with Crippen LogP contribution in [0.3, 0.4) is 0 Å². The number of piperidine rings is 1. The first-order valence-electron chi connectivity index (χ1n) is 8.08. The van der Waals surface area contributed by atoms with Crippen LogP contribution in [0.25, 0.3) is 11.3 Å². The predicted octanol–water partition coefficient (Wildman–Crippen LogP) is 3.19. The number of rotatable bonds is 4. The van der Waals surface area contributed by atoms with Gasteiger partial charge in [-0.3, -0.25) is 4.79 Å². The van der Waals surface area contributed by atoms with Gasteiger partial charge in [-0.25, -0.2) is 0 Å². The molecule has 0 spiro atoms. The topological polar surface area (TPSA) is 67.2 Å². The van der Waals surface area contributed by atoms with Gasteiger partial charge < -0.3 is 15.2 Å². The van der Waals surface area contributed by atoms with Crippen LogP contribution in [0.4, 0.5) is 0 Å². The lowest BCUT2D eigenvalue weighted by Gasteiger charge is -2.33. The maximum Gasteiger partial charge on any atom is 0.289 e. The van der Waals surface area contributed by atoms with E-state index < -0.39 is 0 Å². The third kappa shape index (κ3) is 4.36. The number of aromatic nitrogens is 1. The summed E-state index contributed by atoms with van der Waals surface area (Å²) < 4.78 is 5.21. The van der Waals surface area contributed by atoms with Crippen molar-refractivity contribution < 1.29 is 9.32 Å². The molecule has 1 aliphatic rings. The predicted molar refractivity (Wildman–Crippen MR) is 96.5 cm³/mol. The Labute approximate surface area is 148 Å². The molecule has 1 aliphatic heterocycles. The summed E-state index contributed by atoms with van der Waals surface area (Å²) in [5, 5.41) is 10.3. The number of nitrogens with one attached hydrogen (secondary N) is 2. The van der Waals surface area contributed by atoms with Gasteiger partial charge in [-0.15, -0.1) is 12.4 Å². The maximum absolute atomic E-state index is 12.3. The third-order valence-corrected chi connectivity index (χ3v) is 4.57. The van der Waals surface area contributed by atoms with Gasteiger partial charge in [-0.1, -0.05) is 41.9 Å². The van der Waals surface area contributed by atoms with Crippen molar-refractivity contribution in [3.05, 3.63) is 41.7 Å². The fraction of sp³-hybridized carbons (Fsp3) is 0.444. The molecule has 1 aromatic carbocycles. The highest BCUT2D eigenvalue weighted by atomic mass is 35.5. The van der Waals surface area contributed by atoms with E-state index in [4.69, 9.17) is 4.52 Å². The molecule has 0 unspecified atom stereocenters. The Morgan fingerprint density at radius 2 is 1.96 bits per heavy atom. The second kappa shape index (κ2) is 7.81. The van der Waals surface area contributed by atoms with E-state index in [1.807, 2.05) is 31.2 Å². The minimum absolute atomic E-state index is 0. The van der Waals surface area contributed by atoms with Gasteiger partial charge in [0.25, 0.3) is 5.91 Å². The molecule has 0 saturated carbocycles. The zero-order valence-electron chi connectivity index (χ0n) is 14.1. The van der Waals surface area contributed by atoms with Gasteiger partial charge >= 0.3 is 0 Å². The molecule has 6 heteroatoms. The third-order valence-electron chi connectivity index (χ3n) is 4.57. The number of carbonyl (C=O) groups excluding carboxylic acids is 1. The summed E-state index contributed by atoms with van der Waals surface area (Å²) in [5.41, 5.74) is 2.97. The fourth-order valence-corrected chi connectivity index (χ4v) is 2.83. The number of amides is 1. The molecule has 3 rings (SSSR count). The summed E-state index contributed by atoms with van der Waals surface area (Å²) in [7, 11) is 0. The molecule has 1 amide bonds. The molecule has 130 valence electrons. The first kappa shape index (κ1) is 18.5. The van der Waals surface area contributed by atoms with E-state index in [0.717, 1.165) is 31.5 Å². The number of hydrogen-bond acceptors (Lipinski definition) is 4. The molecular formula is C18H24ClN3O2. The minimum Gasteiger partial charge on any atom is -0.350 e. The van der Waals surface area contributed by atoms with E-state index in [1.165, 1.54) is 5.56 Å². The fourth-order valence-electron chi connectivity index (χ4n) is 2.83. The molecule has 24 heavy (non-hydrogen) atoms. The maximum atomic E-state index is 12.3. The van der Waals surface area contributed by atoms with Crippen LogP contribution in [-0.4, -0.2) is 30.7 Å². The Hall–Kier alpha value is -1.85. The summed E-state index contributed by atoms with van der Waals surface area (Å²) in [6.45, 7) is 6.92. The summed E-state index contributed by atoms with van der Waals surface area (Å²) in [4.78, 5) is 12.3. The van der Waals surface area contributed by atoms with Crippen molar-refractivity contribution in [3.63, 3.8) is 0 Å². The van der Waals surface area contributed by atoms with Gasteiger partial charge in [-0.05, 0) is 38.3 Å². The van der Waals surface area contributed by atoms with Crippen molar-refractivity contribution in [1.29, 1.82) is 0 Å². The van der Waals surface area contributed by atoms with Gasteiger partial charge in [0.15, 0.2) is 0 Å². The van der Waals surface area contributed by atoms with Crippen molar-refractivity contribution in [2.75, 3.05) is 19.6 Å². The molecule has 1 saturated heterocycles. The molecule has 0 bridgehead atoms. The Balaban J connectivity index is 0.00000208. The Morgan fingerprint density at radius 1 is 1.29 bits per heavy atom. The quantitative estimate of drug-likeness (QED) is 0.889. The summed E-state index contributed by atoms with van der Waals surface area (Å²) >= 11 is 0. The summed E-state index contributed by atoms with van der Waals surface area (Å²) in [5.74, 6) is 0.0636. The first-order valence-corrected chi connectivity index (χ1v) is 8.08. The van der Waals surface area contributed by atoms with Crippen molar-refractivity contribution in [2.45, 2.75) is 26.7 Å². The van der Waals surface area contributed by atoms with Crippen LogP contribution in [0.1, 0.15) is 35.9 Å². The number of halogens is 1. The van der Waals surface area contributed by atoms with E-state index in [9.17, 15) is 4.79 Å². The number of nitrogens with zero attached hydrogens (tertiary/aromatic N) is 1. The minimum atomic E-state index is -0.199. The van der Waals surface area contributed by atoms with Crippen LogP contribution in [0.15, 0.2) is 34.9 Å². The van der Waals surface area contributed by atoms with Gasteiger partial charge in [0.05, 0.1) is 0 Å². The molecule has 2 N–H and O–H groups in total. The molecule has 0 radical (unpaired) electrons. The normalized spacial score (nSPS) is 16.2. The van der Waals surface area contributed by atoms with Crippen LogP contribution in [0, 0.1) is 12.3 Å². The van der Waals surface area contributed by atoms with E-state index in [1.54, 1.807) is 6.07 Å². The summed E-state index contributed by atoms with van der Waals surface area (Å²) in [6.07, 6.45) is 2.14. The van der Waals surface area contributed by atoms with E-state index in [0.29, 0.717) is 12.2 Å². The van der Waals surface area contributed by atoms with Gasteiger partial charge in [0.1, 0.15) is 5.69 Å². The van der Waals surface area contributed by atoms with Crippen LogP contribution in [0.2, 0.25) is 0 Å². The molecular weight excluding hydrogens is 326 g/mol. The standard InChI is InChI=1S/C18H23N3O2.ClH/c1-13-3-5-14(6-4-13)15-11-16(23-21-15)17(22)20-12-18(2)7-9-19-10-8-18;/h3-6,11,19H,7-10,12H2,1-2H3,(H,20,22);1H. The molecule has 1 fully saturated rings. The van der Waals surface area contributed by atoms with Crippen LogP contribution >= 0.6 is 12.4 Å². The number of benzene rings is 1. The summed E-state index contributed by atoms with van der Waals surface area (Å²) in [6, 6.07) is 9.68. The average Bonchev–Trinajstić information content (AvgIpc) is 3.04. The van der Waals surface area contributed by atoms with Crippen molar-refractivity contribution in [3.8, 4) is 11.3 Å². The van der Waals surface area contributed by atoms with Crippen molar-refractivity contribution in [1.82, 2.24) is 15.8 Å². The highest BCUT2D eigenvalue weighted by molar-refractivity contribution is 5.92. The Bertz CT molecular complexity index is 676. The van der Waals surface area contributed by atoms with E-state index >= 15 is 0 Å². The lowest BCUT2D eigenvalue weighted by molar-refractivity contribution is 0.0885.